The van der Waals surface area contributed by atoms with Gasteiger partial charge in [-0.2, -0.15) is 0 Å². The Balaban J connectivity index is 1.67. The zero-order chi connectivity index (χ0) is 15.3. The van der Waals surface area contributed by atoms with Crippen molar-refractivity contribution in [2.75, 3.05) is 44.2 Å². The highest BCUT2D eigenvalue weighted by molar-refractivity contribution is 5.30. The van der Waals surface area contributed by atoms with Crippen LogP contribution in [0.1, 0.15) is 32.8 Å². The third-order valence-electron chi connectivity index (χ3n) is 3.58. The molecule has 5 nitrogen and oxygen atoms in total. The summed E-state index contributed by atoms with van der Waals surface area (Å²) in [5.74, 6) is 0.858. The molecule has 118 valence electrons. The second-order valence-corrected chi connectivity index (χ2v) is 6.70. The van der Waals surface area contributed by atoms with Crippen LogP contribution in [0.4, 0.5) is 5.95 Å². The van der Waals surface area contributed by atoms with E-state index in [2.05, 4.69) is 40.5 Å². The zero-order valence-corrected chi connectivity index (χ0v) is 13.8. The van der Waals surface area contributed by atoms with E-state index in [-0.39, 0.29) is 5.60 Å². The van der Waals surface area contributed by atoms with Gasteiger partial charge in [0.2, 0.25) is 5.95 Å². The van der Waals surface area contributed by atoms with Crippen LogP contribution in [0.25, 0.3) is 0 Å². The van der Waals surface area contributed by atoms with Crippen LogP contribution < -0.4 is 4.90 Å². The van der Waals surface area contributed by atoms with Crippen molar-refractivity contribution in [2.24, 2.45) is 0 Å². The van der Waals surface area contributed by atoms with Gasteiger partial charge in [0.05, 0.1) is 5.60 Å². The summed E-state index contributed by atoms with van der Waals surface area (Å²) in [5, 5.41) is 0. The number of hydrogen-bond donors (Lipinski definition) is 0. The van der Waals surface area contributed by atoms with Crippen molar-refractivity contribution in [3.63, 3.8) is 0 Å². The van der Waals surface area contributed by atoms with E-state index in [0.29, 0.717) is 0 Å². The van der Waals surface area contributed by atoms with Crippen molar-refractivity contribution in [1.29, 1.82) is 0 Å². The number of hydrogen-bond acceptors (Lipinski definition) is 5. The molecule has 1 saturated heterocycles. The fourth-order valence-electron chi connectivity index (χ4n) is 2.39. The molecule has 1 aromatic heterocycles. The van der Waals surface area contributed by atoms with Crippen LogP contribution in [-0.2, 0) is 4.74 Å². The maximum Gasteiger partial charge on any atom is 0.225 e. The minimum atomic E-state index is -0.0263. The SMILES string of the molecule is Cc1cnc(N2CCN(CCCOC(C)(C)C)CC2)nc1. The van der Waals surface area contributed by atoms with Crippen molar-refractivity contribution in [3.8, 4) is 0 Å². The maximum atomic E-state index is 5.76. The van der Waals surface area contributed by atoms with Gasteiger partial charge >= 0.3 is 0 Å². The van der Waals surface area contributed by atoms with E-state index < -0.39 is 0 Å². The highest BCUT2D eigenvalue weighted by Gasteiger charge is 2.18. The van der Waals surface area contributed by atoms with Crippen LogP contribution in [-0.4, -0.2) is 59.8 Å². The van der Waals surface area contributed by atoms with E-state index in [1.165, 1.54) is 0 Å². The van der Waals surface area contributed by atoms with Crippen LogP contribution >= 0.6 is 0 Å². The molecule has 0 aliphatic carbocycles. The molecule has 0 atom stereocenters. The summed E-state index contributed by atoms with van der Waals surface area (Å²) in [6, 6.07) is 0. The molecule has 0 bridgehead atoms. The fourth-order valence-corrected chi connectivity index (χ4v) is 2.39. The molecule has 0 radical (unpaired) electrons. The van der Waals surface area contributed by atoms with E-state index in [4.69, 9.17) is 4.74 Å². The fraction of sp³-hybridized carbons (Fsp3) is 0.750. The summed E-state index contributed by atoms with van der Waals surface area (Å²) in [7, 11) is 0. The third kappa shape index (κ3) is 5.59. The van der Waals surface area contributed by atoms with Gasteiger partial charge in [-0.3, -0.25) is 4.90 Å². The molecule has 1 fully saturated rings. The third-order valence-corrected chi connectivity index (χ3v) is 3.58. The summed E-state index contributed by atoms with van der Waals surface area (Å²) >= 11 is 0. The van der Waals surface area contributed by atoms with Gasteiger partial charge in [-0.05, 0) is 39.7 Å². The number of aryl methyl sites for hydroxylation is 1. The lowest BCUT2D eigenvalue weighted by atomic mass is 10.2. The smallest absolute Gasteiger partial charge is 0.225 e. The molecule has 1 aromatic rings. The number of nitrogens with zero attached hydrogens (tertiary/aromatic N) is 4. The summed E-state index contributed by atoms with van der Waals surface area (Å²) in [5.41, 5.74) is 1.08. The lowest BCUT2D eigenvalue weighted by Gasteiger charge is -2.34. The lowest BCUT2D eigenvalue weighted by Crippen LogP contribution is -2.47. The molecular formula is C16H28N4O. The van der Waals surface area contributed by atoms with Crippen LogP contribution in [0.5, 0.6) is 0 Å². The van der Waals surface area contributed by atoms with E-state index >= 15 is 0 Å². The Morgan fingerprint density at radius 1 is 1.10 bits per heavy atom. The van der Waals surface area contributed by atoms with Crippen molar-refractivity contribution in [1.82, 2.24) is 14.9 Å². The first-order chi connectivity index (χ1) is 9.94. The second kappa shape index (κ2) is 7.18. The highest BCUT2D eigenvalue weighted by atomic mass is 16.5. The largest absolute Gasteiger partial charge is 0.376 e. The van der Waals surface area contributed by atoms with Gasteiger partial charge in [0, 0.05) is 51.7 Å². The molecule has 0 amide bonds. The number of rotatable bonds is 5. The lowest BCUT2D eigenvalue weighted by molar-refractivity contribution is -0.00703. The monoisotopic (exact) mass is 292 g/mol. The molecule has 0 unspecified atom stereocenters. The van der Waals surface area contributed by atoms with E-state index in [9.17, 15) is 0 Å². The summed E-state index contributed by atoms with van der Waals surface area (Å²) in [6.45, 7) is 14.4. The minimum Gasteiger partial charge on any atom is -0.376 e. The Morgan fingerprint density at radius 3 is 2.29 bits per heavy atom. The number of aromatic nitrogens is 2. The molecule has 0 N–H and O–H groups in total. The molecule has 1 aliphatic rings. The minimum absolute atomic E-state index is 0.0263. The summed E-state index contributed by atoms with van der Waals surface area (Å²) < 4.78 is 5.76. The van der Waals surface area contributed by atoms with E-state index in [1.54, 1.807) is 0 Å². The zero-order valence-electron chi connectivity index (χ0n) is 13.8. The van der Waals surface area contributed by atoms with Crippen molar-refractivity contribution < 1.29 is 4.74 Å². The Morgan fingerprint density at radius 2 is 1.71 bits per heavy atom. The van der Waals surface area contributed by atoms with Gasteiger partial charge in [0.25, 0.3) is 0 Å². The van der Waals surface area contributed by atoms with Crippen LogP contribution in [0.15, 0.2) is 12.4 Å². The van der Waals surface area contributed by atoms with Crippen LogP contribution in [0.2, 0.25) is 0 Å². The highest BCUT2D eigenvalue weighted by Crippen LogP contribution is 2.11. The molecule has 5 heteroatoms. The number of anilines is 1. The Hall–Kier alpha value is -1.20. The first-order valence-electron chi connectivity index (χ1n) is 7.84. The Bertz CT molecular complexity index is 419. The molecule has 2 heterocycles. The molecule has 0 spiro atoms. The van der Waals surface area contributed by atoms with E-state index in [0.717, 1.165) is 57.3 Å². The number of piperazine rings is 1. The van der Waals surface area contributed by atoms with Gasteiger partial charge in [0.1, 0.15) is 0 Å². The summed E-state index contributed by atoms with van der Waals surface area (Å²) in [4.78, 5) is 13.6. The normalized spacial score (nSPS) is 17.2. The van der Waals surface area contributed by atoms with Gasteiger partial charge in [0.15, 0.2) is 0 Å². The first kappa shape index (κ1) is 16.2. The quantitative estimate of drug-likeness (QED) is 0.778. The molecule has 0 saturated carbocycles. The molecule has 1 aliphatic heterocycles. The predicted octanol–water partition coefficient (Wildman–Crippen LogP) is 2.11. The molecule has 0 aromatic carbocycles. The van der Waals surface area contributed by atoms with Gasteiger partial charge in [-0.25, -0.2) is 9.97 Å². The standard InChI is InChI=1S/C16H28N4O/c1-14-12-17-15(18-13-14)20-9-7-19(8-10-20)6-5-11-21-16(2,3)4/h12-13H,5-11H2,1-4H3. The molecular weight excluding hydrogens is 264 g/mol. The van der Waals surface area contributed by atoms with Crippen molar-refractivity contribution >= 4 is 5.95 Å². The Kier molecular flexibility index (Phi) is 5.53. The topological polar surface area (TPSA) is 41.5 Å². The second-order valence-electron chi connectivity index (χ2n) is 6.70. The molecule has 21 heavy (non-hydrogen) atoms. The van der Waals surface area contributed by atoms with Crippen LogP contribution in [0, 0.1) is 6.92 Å². The van der Waals surface area contributed by atoms with Crippen molar-refractivity contribution in [2.45, 2.75) is 39.7 Å². The molecule has 2 rings (SSSR count). The van der Waals surface area contributed by atoms with Gasteiger partial charge in [-0.1, -0.05) is 0 Å². The van der Waals surface area contributed by atoms with Crippen LogP contribution in [0.3, 0.4) is 0 Å². The van der Waals surface area contributed by atoms with Gasteiger partial charge in [-0.15, -0.1) is 0 Å². The predicted molar refractivity (Wildman–Crippen MR) is 85.7 cm³/mol. The maximum absolute atomic E-state index is 5.76. The number of ether oxygens (including phenoxy) is 1. The van der Waals surface area contributed by atoms with Gasteiger partial charge < -0.3 is 9.64 Å². The average molecular weight is 292 g/mol. The summed E-state index contributed by atoms with van der Waals surface area (Å²) in [6.07, 6.45) is 4.87. The van der Waals surface area contributed by atoms with Crippen molar-refractivity contribution in [3.05, 3.63) is 18.0 Å². The van der Waals surface area contributed by atoms with E-state index in [1.807, 2.05) is 19.3 Å². The first-order valence-corrected chi connectivity index (χ1v) is 7.84. The average Bonchev–Trinajstić information content (AvgIpc) is 2.44. The Labute approximate surface area is 128 Å².